The van der Waals surface area contributed by atoms with E-state index in [1.54, 1.807) is 0 Å². The summed E-state index contributed by atoms with van der Waals surface area (Å²) in [6, 6.07) is 6.65. The summed E-state index contributed by atoms with van der Waals surface area (Å²) in [5.74, 6) is -1.01. The molecule has 0 bridgehead atoms. The molecule has 1 atom stereocenters. The molecule has 0 aliphatic carbocycles. The fourth-order valence-corrected chi connectivity index (χ4v) is 1.47. The number of halogens is 1. The number of nitrogens with zero attached hydrogens (tertiary/aromatic N) is 1. The van der Waals surface area contributed by atoms with Crippen LogP contribution in [-0.4, -0.2) is 27.3 Å². The first kappa shape index (κ1) is 12.5. The van der Waals surface area contributed by atoms with E-state index in [0.29, 0.717) is 5.69 Å². The third kappa shape index (κ3) is 2.32. The van der Waals surface area contributed by atoms with Gasteiger partial charge >= 0.3 is 5.97 Å². The van der Waals surface area contributed by atoms with Crippen LogP contribution in [0.25, 0.3) is 10.9 Å². The number of para-hydroxylation sites is 1. The van der Waals surface area contributed by atoms with Gasteiger partial charge in [-0.1, -0.05) is 18.2 Å². The number of hydrogen-bond acceptors (Lipinski definition) is 3. The fraction of sp³-hybridized carbons (Fsp3) is 0.200. The third-order valence-electron chi connectivity index (χ3n) is 2.28. The van der Waals surface area contributed by atoms with E-state index in [4.69, 9.17) is 10.8 Å². The van der Waals surface area contributed by atoms with Gasteiger partial charge in [-0.3, -0.25) is 9.89 Å². The van der Waals surface area contributed by atoms with Crippen LogP contribution >= 0.6 is 12.4 Å². The first-order chi connectivity index (χ1) is 7.18. The number of aliphatic carboxylic acids is 1. The summed E-state index contributed by atoms with van der Waals surface area (Å²) in [5, 5.41) is 16.5. The number of carbonyl (C=O) groups is 1. The molecule has 1 unspecified atom stereocenters. The van der Waals surface area contributed by atoms with Gasteiger partial charge in [-0.05, 0) is 6.07 Å². The van der Waals surface area contributed by atoms with E-state index in [2.05, 4.69) is 10.2 Å². The zero-order chi connectivity index (χ0) is 10.8. The number of fused-ring (bicyclic) bond motifs is 1. The minimum absolute atomic E-state index is 0. The first-order valence-corrected chi connectivity index (χ1v) is 4.59. The Kier molecular flexibility index (Phi) is 3.87. The molecule has 0 spiro atoms. The van der Waals surface area contributed by atoms with Gasteiger partial charge in [0.1, 0.15) is 6.04 Å². The molecule has 0 aliphatic rings. The monoisotopic (exact) mass is 241 g/mol. The topological polar surface area (TPSA) is 92.0 Å². The van der Waals surface area contributed by atoms with Crippen molar-refractivity contribution in [3.63, 3.8) is 0 Å². The molecule has 2 aromatic rings. The van der Waals surface area contributed by atoms with Crippen LogP contribution in [0.3, 0.4) is 0 Å². The van der Waals surface area contributed by atoms with E-state index in [0.717, 1.165) is 10.9 Å². The molecule has 0 saturated carbocycles. The van der Waals surface area contributed by atoms with Gasteiger partial charge in [-0.25, -0.2) is 0 Å². The van der Waals surface area contributed by atoms with Crippen molar-refractivity contribution in [2.45, 2.75) is 12.5 Å². The number of H-pyrrole nitrogens is 1. The molecule has 2 rings (SSSR count). The second kappa shape index (κ2) is 4.96. The summed E-state index contributed by atoms with van der Waals surface area (Å²) in [6.07, 6.45) is 0.235. The highest BCUT2D eigenvalue weighted by Crippen LogP contribution is 2.15. The summed E-state index contributed by atoms with van der Waals surface area (Å²) in [5.41, 5.74) is 7.03. The second-order valence-corrected chi connectivity index (χ2v) is 3.36. The number of carboxylic acid groups (broad SMARTS) is 1. The van der Waals surface area contributed by atoms with Crippen LogP contribution in [-0.2, 0) is 11.2 Å². The molecule has 16 heavy (non-hydrogen) atoms. The van der Waals surface area contributed by atoms with E-state index >= 15 is 0 Å². The SMILES string of the molecule is Cl.NC(Cc1n[nH]c2ccccc12)C(=O)O. The molecule has 0 fully saturated rings. The molecule has 5 nitrogen and oxygen atoms in total. The van der Waals surface area contributed by atoms with Gasteiger partial charge in [0, 0.05) is 11.8 Å². The van der Waals surface area contributed by atoms with Gasteiger partial charge in [-0.2, -0.15) is 5.10 Å². The van der Waals surface area contributed by atoms with Crippen molar-refractivity contribution < 1.29 is 9.90 Å². The number of rotatable bonds is 3. The predicted octanol–water partition coefficient (Wildman–Crippen LogP) is 0.939. The summed E-state index contributed by atoms with van der Waals surface area (Å²) < 4.78 is 0. The van der Waals surface area contributed by atoms with Crippen molar-refractivity contribution in [2.24, 2.45) is 5.73 Å². The van der Waals surface area contributed by atoms with E-state index < -0.39 is 12.0 Å². The third-order valence-corrected chi connectivity index (χ3v) is 2.28. The van der Waals surface area contributed by atoms with Crippen molar-refractivity contribution in [1.29, 1.82) is 0 Å². The fourth-order valence-electron chi connectivity index (χ4n) is 1.47. The number of nitrogens with two attached hydrogens (primary N) is 1. The maximum Gasteiger partial charge on any atom is 0.320 e. The Balaban J connectivity index is 0.00000128. The zero-order valence-corrected chi connectivity index (χ0v) is 9.20. The van der Waals surface area contributed by atoms with Crippen LogP contribution in [0.2, 0.25) is 0 Å². The largest absolute Gasteiger partial charge is 0.480 e. The lowest BCUT2D eigenvalue weighted by Crippen LogP contribution is -2.32. The van der Waals surface area contributed by atoms with Crippen LogP contribution in [0.4, 0.5) is 0 Å². The van der Waals surface area contributed by atoms with Crippen LogP contribution < -0.4 is 5.73 Å². The van der Waals surface area contributed by atoms with Gasteiger partial charge in [0.2, 0.25) is 0 Å². The smallest absolute Gasteiger partial charge is 0.320 e. The van der Waals surface area contributed by atoms with Crippen molar-refractivity contribution in [1.82, 2.24) is 10.2 Å². The van der Waals surface area contributed by atoms with Crippen LogP contribution in [0.5, 0.6) is 0 Å². The highest BCUT2D eigenvalue weighted by molar-refractivity contribution is 5.85. The number of benzene rings is 1. The lowest BCUT2D eigenvalue weighted by Gasteiger charge is -2.03. The summed E-state index contributed by atoms with van der Waals surface area (Å²) >= 11 is 0. The molecule has 6 heteroatoms. The Morgan fingerprint density at radius 3 is 2.88 bits per heavy atom. The van der Waals surface area contributed by atoms with Crippen molar-refractivity contribution in [2.75, 3.05) is 0 Å². The summed E-state index contributed by atoms with van der Waals surface area (Å²) in [6.45, 7) is 0. The zero-order valence-electron chi connectivity index (χ0n) is 8.38. The van der Waals surface area contributed by atoms with Crippen LogP contribution in [0.15, 0.2) is 24.3 Å². The Bertz CT molecular complexity index is 498. The molecule has 1 heterocycles. The number of carboxylic acids is 1. The molecule has 0 amide bonds. The number of aromatic amines is 1. The first-order valence-electron chi connectivity index (χ1n) is 4.59. The Morgan fingerprint density at radius 2 is 2.19 bits per heavy atom. The molecule has 1 aromatic heterocycles. The van der Waals surface area contributed by atoms with E-state index in [9.17, 15) is 4.79 Å². The molecule has 4 N–H and O–H groups in total. The average Bonchev–Trinajstić information content (AvgIpc) is 2.62. The molecular formula is C10H12ClN3O2. The maximum atomic E-state index is 10.6. The van der Waals surface area contributed by atoms with Gasteiger partial charge in [0.25, 0.3) is 0 Å². The molecular weight excluding hydrogens is 230 g/mol. The van der Waals surface area contributed by atoms with E-state index in [1.807, 2.05) is 24.3 Å². The molecule has 1 aromatic carbocycles. The van der Waals surface area contributed by atoms with Crippen molar-refractivity contribution >= 4 is 29.3 Å². The minimum atomic E-state index is -1.01. The standard InChI is InChI=1S/C10H11N3O2.ClH/c11-7(10(14)15)5-9-6-3-1-2-4-8(6)12-13-9;/h1-4,7H,5,11H2,(H,12,13)(H,14,15);1H. The highest BCUT2D eigenvalue weighted by Gasteiger charge is 2.15. The van der Waals surface area contributed by atoms with Gasteiger partial charge in [-0.15, -0.1) is 12.4 Å². The maximum absolute atomic E-state index is 10.6. The van der Waals surface area contributed by atoms with Gasteiger partial charge in [0.15, 0.2) is 0 Å². The molecule has 0 radical (unpaired) electrons. The predicted molar refractivity (Wildman–Crippen MR) is 62.7 cm³/mol. The Hall–Kier alpha value is -1.59. The average molecular weight is 242 g/mol. The van der Waals surface area contributed by atoms with Gasteiger partial charge in [0.05, 0.1) is 11.2 Å². The lowest BCUT2D eigenvalue weighted by atomic mass is 10.1. The highest BCUT2D eigenvalue weighted by atomic mass is 35.5. The molecule has 0 saturated heterocycles. The van der Waals surface area contributed by atoms with Crippen LogP contribution in [0.1, 0.15) is 5.69 Å². The summed E-state index contributed by atoms with van der Waals surface area (Å²) in [4.78, 5) is 10.6. The molecule has 86 valence electrons. The van der Waals surface area contributed by atoms with Gasteiger partial charge < -0.3 is 10.8 Å². The molecule has 0 aliphatic heterocycles. The van der Waals surface area contributed by atoms with E-state index in [1.165, 1.54) is 0 Å². The Morgan fingerprint density at radius 1 is 1.50 bits per heavy atom. The normalized spacial score (nSPS) is 12.1. The summed E-state index contributed by atoms with van der Waals surface area (Å²) in [7, 11) is 0. The van der Waals surface area contributed by atoms with E-state index in [-0.39, 0.29) is 18.8 Å². The Labute approximate surface area is 98.1 Å². The number of aromatic nitrogens is 2. The second-order valence-electron chi connectivity index (χ2n) is 3.36. The number of hydrogen-bond donors (Lipinski definition) is 3. The minimum Gasteiger partial charge on any atom is -0.480 e. The van der Waals surface area contributed by atoms with Crippen LogP contribution in [0, 0.1) is 0 Å². The van der Waals surface area contributed by atoms with Crippen molar-refractivity contribution in [3.8, 4) is 0 Å². The quantitative estimate of drug-likeness (QED) is 0.746. The lowest BCUT2D eigenvalue weighted by molar-refractivity contribution is -0.138. The van der Waals surface area contributed by atoms with Crippen molar-refractivity contribution in [3.05, 3.63) is 30.0 Å². The number of nitrogens with one attached hydrogen (secondary N) is 1.